The number of ether oxygens (including phenoxy) is 2. The summed E-state index contributed by atoms with van der Waals surface area (Å²) in [6, 6.07) is 17.6. The predicted octanol–water partition coefficient (Wildman–Crippen LogP) is 5.56. The topological polar surface area (TPSA) is 86.0 Å². The Kier molecular flexibility index (Phi) is 8.07. The van der Waals surface area contributed by atoms with Crippen LogP contribution < -0.4 is 14.9 Å². The minimum absolute atomic E-state index is 0.0456. The van der Waals surface area contributed by atoms with Gasteiger partial charge in [0.2, 0.25) is 0 Å². The standard InChI is InChI=1S/C22H19ClIN3O4/c1-30-21-11-17(13-26-25-12-15-2-6-18(23)7-3-15)10-20(24)22(21)31-14-16-4-8-19(9-5-16)27(28)29/h2-11,13,25H,12,14H2,1H3/b26-13-. The van der Waals surface area contributed by atoms with Crippen molar-refractivity contribution in [3.05, 3.63) is 96.1 Å². The summed E-state index contributed by atoms with van der Waals surface area (Å²) in [5.74, 6) is 1.18. The molecule has 0 amide bonds. The number of rotatable bonds is 9. The molecule has 3 rings (SSSR count). The number of hydrogen-bond donors (Lipinski definition) is 1. The van der Waals surface area contributed by atoms with Crippen LogP contribution in [0.15, 0.2) is 65.8 Å². The Morgan fingerprint density at radius 1 is 1.13 bits per heavy atom. The van der Waals surface area contributed by atoms with E-state index in [1.165, 1.54) is 12.1 Å². The maximum absolute atomic E-state index is 10.8. The highest BCUT2D eigenvalue weighted by molar-refractivity contribution is 14.1. The number of nitrogens with zero attached hydrogens (tertiary/aromatic N) is 2. The van der Waals surface area contributed by atoms with E-state index in [0.717, 1.165) is 20.3 Å². The molecular weight excluding hydrogens is 533 g/mol. The van der Waals surface area contributed by atoms with Gasteiger partial charge in [-0.25, -0.2) is 0 Å². The van der Waals surface area contributed by atoms with Crippen LogP contribution in [0.1, 0.15) is 16.7 Å². The summed E-state index contributed by atoms with van der Waals surface area (Å²) in [6.45, 7) is 0.846. The van der Waals surface area contributed by atoms with Gasteiger partial charge in [-0.1, -0.05) is 23.7 Å². The molecule has 9 heteroatoms. The molecule has 0 fully saturated rings. The average Bonchev–Trinajstić information content (AvgIpc) is 2.77. The van der Waals surface area contributed by atoms with Crippen LogP contribution in [0.4, 0.5) is 5.69 Å². The van der Waals surface area contributed by atoms with Crippen LogP contribution in [0.25, 0.3) is 0 Å². The van der Waals surface area contributed by atoms with Gasteiger partial charge < -0.3 is 14.9 Å². The Morgan fingerprint density at radius 3 is 2.45 bits per heavy atom. The highest BCUT2D eigenvalue weighted by atomic mass is 127. The molecule has 0 aliphatic carbocycles. The lowest BCUT2D eigenvalue weighted by Crippen LogP contribution is -2.05. The van der Waals surface area contributed by atoms with Crippen molar-refractivity contribution in [1.82, 2.24) is 5.43 Å². The van der Waals surface area contributed by atoms with Crippen molar-refractivity contribution in [3.8, 4) is 11.5 Å². The summed E-state index contributed by atoms with van der Waals surface area (Å²) in [7, 11) is 1.57. The summed E-state index contributed by atoms with van der Waals surface area (Å²) >= 11 is 8.06. The molecule has 0 unspecified atom stereocenters. The Balaban J connectivity index is 1.63. The number of hydrogen-bond acceptors (Lipinski definition) is 6. The van der Waals surface area contributed by atoms with Gasteiger partial charge in [-0.05, 0) is 75.7 Å². The van der Waals surface area contributed by atoms with Crippen molar-refractivity contribution in [2.24, 2.45) is 5.10 Å². The van der Waals surface area contributed by atoms with E-state index in [0.29, 0.717) is 23.1 Å². The highest BCUT2D eigenvalue weighted by Gasteiger charge is 2.12. The first kappa shape index (κ1) is 22.8. The quantitative estimate of drug-likeness (QED) is 0.163. The number of nitro benzene ring substituents is 1. The fourth-order valence-corrected chi connectivity index (χ4v) is 3.59. The van der Waals surface area contributed by atoms with Gasteiger partial charge in [0.25, 0.3) is 5.69 Å². The van der Waals surface area contributed by atoms with Gasteiger partial charge in [0.05, 0.1) is 28.4 Å². The Morgan fingerprint density at radius 2 is 1.81 bits per heavy atom. The van der Waals surface area contributed by atoms with Gasteiger partial charge >= 0.3 is 0 Å². The molecule has 3 aromatic carbocycles. The van der Waals surface area contributed by atoms with E-state index in [1.54, 1.807) is 25.5 Å². The molecule has 0 aliphatic heterocycles. The first-order chi connectivity index (χ1) is 15.0. The second kappa shape index (κ2) is 11.0. The maximum atomic E-state index is 10.8. The molecule has 0 saturated carbocycles. The Bertz CT molecular complexity index is 1070. The molecule has 0 aromatic heterocycles. The normalized spacial score (nSPS) is 10.8. The fraction of sp³-hybridized carbons (Fsp3) is 0.136. The van der Waals surface area contributed by atoms with Crippen molar-refractivity contribution in [2.45, 2.75) is 13.2 Å². The second-order valence-electron chi connectivity index (χ2n) is 6.47. The zero-order chi connectivity index (χ0) is 22.2. The van der Waals surface area contributed by atoms with E-state index in [-0.39, 0.29) is 12.3 Å². The molecular formula is C22H19ClIN3O4. The van der Waals surface area contributed by atoms with Crippen LogP contribution in [-0.4, -0.2) is 18.2 Å². The summed E-state index contributed by atoms with van der Waals surface area (Å²) in [5, 5.41) is 15.7. The third kappa shape index (κ3) is 6.56. The van der Waals surface area contributed by atoms with E-state index < -0.39 is 4.92 Å². The molecule has 160 valence electrons. The summed E-state index contributed by atoms with van der Waals surface area (Å²) in [6.07, 6.45) is 1.71. The highest BCUT2D eigenvalue weighted by Crippen LogP contribution is 2.34. The van der Waals surface area contributed by atoms with Crippen molar-refractivity contribution in [2.75, 3.05) is 7.11 Å². The number of methoxy groups -OCH3 is 1. The molecule has 0 atom stereocenters. The second-order valence-corrected chi connectivity index (χ2v) is 8.06. The van der Waals surface area contributed by atoms with Gasteiger partial charge in [-0.3, -0.25) is 10.1 Å². The molecule has 1 N–H and O–H groups in total. The molecule has 0 spiro atoms. The number of non-ortho nitro benzene ring substituents is 1. The first-order valence-corrected chi connectivity index (χ1v) is 10.7. The van der Waals surface area contributed by atoms with E-state index in [4.69, 9.17) is 21.1 Å². The number of halogens is 2. The summed E-state index contributed by atoms with van der Waals surface area (Å²) in [5.41, 5.74) is 5.80. The van der Waals surface area contributed by atoms with Crippen LogP contribution in [0.2, 0.25) is 5.02 Å². The smallest absolute Gasteiger partial charge is 0.269 e. The lowest BCUT2D eigenvalue weighted by Gasteiger charge is -2.13. The first-order valence-electron chi connectivity index (χ1n) is 9.20. The average molecular weight is 552 g/mol. The number of hydrazone groups is 1. The van der Waals surface area contributed by atoms with Crippen molar-refractivity contribution in [1.29, 1.82) is 0 Å². The van der Waals surface area contributed by atoms with E-state index >= 15 is 0 Å². The molecule has 0 bridgehead atoms. The molecule has 0 aliphatic rings. The lowest BCUT2D eigenvalue weighted by atomic mass is 10.2. The lowest BCUT2D eigenvalue weighted by molar-refractivity contribution is -0.384. The largest absolute Gasteiger partial charge is 0.493 e. The third-order valence-electron chi connectivity index (χ3n) is 4.28. The molecule has 3 aromatic rings. The zero-order valence-electron chi connectivity index (χ0n) is 16.5. The van der Waals surface area contributed by atoms with E-state index in [9.17, 15) is 10.1 Å². The van der Waals surface area contributed by atoms with Crippen LogP contribution in [0, 0.1) is 13.7 Å². The predicted molar refractivity (Wildman–Crippen MR) is 129 cm³/mol. The maximum Gasteiger partial charge on any atom is 0.269 e. The van der Waals surface area contributed by atoms with Crippen LogP contribution in [-0.2, 0) is 13.2 Å². The minimum Gasteiger partial charge on any atom is -0.493 e. The van der Waals surface area contributed by atoms with Crippen molar-refractivity contribution >= 4 is 46.1 Å². The molecule has 0 heterocycles. The van der Waals surface area contributed by atoms with Gasteiger partial charge in [0.15, 0.2) is 11.5 Å². The van der Waals surface area contributed by atoms with Crippen LogP contribution in [0.5, 0.6) is 11.5 Å². The van der Waals surface area contributed by atoms with Gasteiger partial charge in [-0.15, -0.1) is 0 Å². The van der Waals surface area contributed by atoms with Crippen molar-refractivity contribution < 1.29 is 14.4 Å². The van der Waals surface area contributed by atoms with Gasteiger partial charge in [0.1, 0.15) is 6.61 Å². The fourth-order valence-electron chi connectivity index (χ4n) is 2.68. The Labute approximate surface area is 198 Å². The van der Waals surface area contributed by atoms with Gasteiger partial charge in [0, 0.05) is 17.2 Å². The zero-order valence-corrected chi connectivity index (χ0v) is 19.5. The Hall–Kier alpha value is -2.85. The molecule has 7 nitrogen and oxygen atoms in total. The molecule has 31 heavy (non-hydrogen) atoms. The van der Waals surface area contributed by atoms with Crippen LogP contribution in [0.3, 0.4) is 0 Å². The molecule has 0 saturated heterocycles. The third-order valence-corrected chi connectivity index (χ3v) is 5.34. The van der Waals surface area contributed by atoms with Gasteiger partial charge in [-0.2, -0.15) is 5.10 Å². The van der Waals surface area contributed by atoms with E-state index in [2.05, 4.69) is 33.1 Å². The molecule has 0 radical (unpaired) electrons. The number of nitrogens with one attached hydrogen (secondary N) is 1. The monoisotopic (exact) mass is 551 g/mol. The summed E-state index contributed by atoms with van der Waals surface area (Å²) in [4.78, 5) is 10.3. The number of benzene rings is 3. The minimum atomic E-state index is -0.429. The SMILES string of the molecule is COc1cc(/C=N\NCc2ccc(Cl)cc2)cc(I)c1OCc1ccc([N+](=O)[O-])cc1. The van der Waals surface area contributed by atoms with E-state index in [1.807, 2.05) is 36.4 Å². The summed E-state index contributed by atoms with van der Waals surface area (Å²) < 4.78 is 12.3. The van der Waals surface area contributed by atoms with Crippen LogP contribution >= 0.6 is 34.2 Å². The number of nitro groups is 1. The van der Waals surface area contributed by atoms with Crippen molar-refractivity contribution in [3.63, 3.8) is 0 Å².